The molecular formula is C32H41N7O4. The number of rotatable bonds is 7. The molecular weight excluding hydrogens is 546 g/mol. The quantitative estimate of drug-likeness (QED) is 0.357. The van der Waals surface area contributed by atoms with Crippen molar-refractivity contribution in [3.63, 3.8) is 0 Å². The predicted molar refractivity (Wildman–Crippen MR) is 164 cm³/mol. The molecule has 0 bridgehead atoms. The first-order valence-corrected chi connectivity index (χ1v) is 15.3. The van der Waals surface area contributed by atoms with E-state index in [-0.39, 0.29) is 25.1 Å². The van der Waals surface area contributed by atoms with Gasteiger partial charge >= 0.3 is 12.1 Å². The molecule has 2 fully saturated rings. The molecule has 1 aromatic heterocycles. The predicted octanol–water partition coefficient (Wildman–Crippen LogP) is 4.03. The molecule has 11 heteroatoms. The maximum atomic E-state index is 13.9. The smallest absolute Gasteiger partial charge is 0.411 e. The number of aromatic nitrogens is 2. The number of benzene rings is 2. The molecule has 228 valence electrons. The average Bonchev–Trinajstić information content (AvgIpc) is 3.43. The first-order chi connectivity index (χ1) is 20.9. The van der Waals surface area contributed by atoms with E-state index < -0.39 is 11.8 Å². The molecule has 11 nitrogen and oxygen atoms in total. The van der Waals surface area contributed by atoms with Gasteiger partial charge in [-0.15, -0.1) is 0 Å². The minimum absolute atomic E-state index is 0.118. The van der Waals surface area contributed by atoms with Crippen LogP contribution in [0.25, 0.3) is 10.9 Å². The monoisotopic (exact) mass is 587 g/mol. The standard InChI is InChI=1S/C32H41N7O4/c1-22-17-23(18-25-20-34-36-29(22)25)21-43-31(42)39-15-10-27(38-14-7-24-5-3-4-6-28(24)35-30(38)41)19-32(39,11-16-40)37-12-8-26(33-2)9-13-37/h3-6,16-18,20,26-27,33H,7-15,19,21H2,1-2H3,(H,34,36)(H,35,41)/t27-,32+/m1/s1. The van der Waals surface area contributed by atoms with Gasteiger partial charge in [-0.25, -0.2) is 9.59 Å². The lowest BCUT2D eigenvalue weighted by atomic mass is 9.85. The molecule has 4 heterocycles. The number of para-hydroxylation sites is 1. The number of carbonyl (C=O) groups is 3. The Bertz CT molecular complexity index is 1480. The third-order valence-corrected chi connectivity index (χ3v) is 9.62. The second-order valence-corrected chi connectivity index (χ2v) is 12.0. The number of amides is 3. The van der Waals surface area contributed by atoms with Crippen molar-refractivity contribution in [3.05, 3.63) is 59.3 Å². The summed E-state index contributed by atoms with van der Waals surface area (Å²) in [6, 6.07) is 12.0. The van der Waals surface area contributed by atoms with Crippen molar-refractivity contribution in [2.24, 2.45) is 0 Å². The molecule has 0 aliphatic carbocycles. The number of aromatic amines is 1. The van der Waals surface area contributed by atoms with Gasteiger partial charge in [-0.3, -0.25) is 14.9 Å². The fourth-order valence-electron chi connectivity index (χ4n) is 7.30. The number of aryl methyl sites for hydroxylation is 1. The van der Waals surface area contributed by atoms with Gasteiger partial charge in [-0.2, -0.15) is 5.10 Å². The Hall–Kier alpha value is -3.96. The highest BCUT2D eigenvalue weighted by Crippen LogP contribution is 2.39. The number of H-pyrrole nitrogens is 1. The number of fused-ring (bicyclic) bond motifs is 2. The van der Waals surface area contributed by atoms with Gasteiger partial charge in [0.2, 0.25) is 0 Å². The van der Waals surface area contributed by atoms with Crippen molar-refractivity contribution in [3.8, 4) is 0 Å². The van der Waals surface area contributed by atoms with Gasteiger partial charge < -0.3 is 25.1 Å². The Morgan fingerprint density at radius 2 is 1.98 bits per heavy atom. The van der Waals surface area contributed by atoms with Crippen molar-refractivity contribution < 1.29 is 19.1 Å². The van der Waals surface area contributed by atoms with E-state index in [1.54, 1.807) is 11.1 Å². The van der Waals surface area contributed by atoms with Crippen LogP contribution in [0.3, 0.4) is 0 Å². The Morgan fingerprint density at radius 1 is 1.16 bits per heavy atom. The molecule has 2 saturated heterocycles. The van der Waals surface area contributed by atoms with Crippen LogP contribution in [0.15, 0.2) is 42.6 Å². The topological polar surface area (TPSA) is 123 Å². The van der Waals surface area contributed by atoms with Gasteiger partial charge in [0, 0.05) is 62.2 Å². The molecule has 2 atom stereocenters. The molecule has 0 spiro atoms. The summed E-state index contributed by atoms with van der Waals surface area (Å²) in [6.45, 7) is 4.56. The molecule has 43 heavy (non-hydrogen) atoms. The molecule has 3 aromatic rings. The second kappa shape index (κ2) is 12.3. The molecule has 3 amide bonds. The lowest BCUT2D eigenvalue weighted by Crippen LogP contribution is -2.69. The highest BCUT2D eigenvalue weighted by Gasteiger charge is 2.51. The van der Waals surface area contributed by atoms with Crippen LogP contribution in [0.4, 0.5) is 15.3 Å². The molecule has 3 aliphatic rings. The zero-order valence-corrected chi connectivity index (χ0v) is 25.0. The van der Waals surface area contributed by atoms with Gasteiger partial charge in [-0.1, -0.05) is 24.3 Å². The van der Waals surface area contributed by atoms with E-state index in [4.69, 9.17) is 4.74 Å². The highest BCUT2D eigenvalue weighted by atomic mass is 16.6. The maximum Gasteiger partial charge on any atom is 0.411 e. The van der Waals surface area contributed by atoms with Crippen LogP contribution < -0.4 is 10.6 Å². The van der Waals surface area contributed by atoms with Crippen molar-refractivity contribution in [1.29, 1.82) is 0 Å². The minimum Gasteiger partial charge on any atom is -0.445 e. The Morgan fingerprint density at radius 3 is 2.77 bits per heavy atom. The third-order valence-electron chi connectivity index (χ3n) is 9.62. The van der Waals surface area contributed by atoms with Crippen molar-refractivity contribution >= 4 is 35.0 Å². The molecule has 0 saturated carbocycles. The van der Waals surface area contributed by atoms with Gasteiger partial charge in [0.05, 0.1) is 11.7 Å². The van der Waals surface area contributed by atoms with E-state index in [9.17, 15) is 14.4 Å². The van der Waals surface area contributed by atoms with Crippen LogP contribution >= 0.6 is 0 Å². The Labute approximate surface area is 251 Å². The number of nitrogens with zero attached hydrogens (tertiary/aromatic N) is 4. The Balaban J connectivity index is 1.25. The summed E-state index contributed by atoms with van der Waals surface area (Å²) in [5, 5.41) is 14.6. The van der Waals surface area contributed by atoms with Crippen LogP contribution in [0.2, 0.25) is 0 Å². The number of nitrogens with one attached hydrogen (secondary N) is 3. The fourth-order valence-corrected chi connectivity index (χ4v) is 7.30. The van der Waals surface area contributed by atoms with Crippen LogP contribution in [-0.2, 0) is 22.6 Å². The average molecular weight is 588 g/mol. The number of piperidine rings is 2. The second-order valence-electron chi connectivity index (χ2n) is 12.0. The molecule has 6 rings (SSSR count). The van der Waals surface area contributed by atoms with Crippen LogP contribution in [-0.4, -0.2) is 94.3 Å². The maximum absolute atomic E-state index is 13.9. The number of hydrogen-bond donors (Lipinski definition) is 3. The summed E-state index contributed by atoms with van der Waals surface area (Å²) >= 11 is 0. The van der Waals surface area contributed by atoms with E-state index >= 15 is 0 Å². The van der Waals surface area contributed by atoms with E-state index in [0.29, 0.717) is 32.0 Å². The number of carbonyl (C=O) groups excluding carboxylic acids is 3. The lowest BCUT2D eigenvalue weighted by molar-refractivity contribution is -0.127. The summed E-state index contributed by atoms with van der Waals surface area (Å²) < 4.78 is 5.96. The molecule has 0 radical (unpaired) electrons. The largest absolute Gasteiger partial charge is 0.445 e. The van der Waals surface area contributed by atoms with E-state index in [1.807, 2.05) is 55.3 Å². The van der Waals surface area contributed by atoms with Gasteiger partial charge in [0.1, 0.15) is 18.6 Å². The van der Waals surface area contributed by atoms with Crippen LogP contribution in [0.1, 0.15) is 48.8 Å². The first kappa shape index (κ1) is 29.1. The summed E-state index contributed by atoms with van der Waals surface area (Å²) in [6.07, 6.45) is 6.05. The normalized spacial score (nSPS) is 23.5. The molecule has 0 unspecified atom stereocenters. The van der Waals surface area contributed by atoms with E-state index in [0.717, 1.165) is 71.9 Å². The zero-order valence-electron chi connectivity index (χ0n) is 25.0. The minimum atomic E-state index is -0.885. The van der Waals surface area contributed by atoms with Crippen LogP contribution in [0, 0.1) is 6.92 Å². The SMILES string of the molecule is CNC1CCN([C@]2(CC=O)C[C@H](N3CCc4ccccc4NC3=O)CCN2C(=O)OCc2cc(C)c3[nH]ncc3c2)CC1. The Kier molecular flexibility index (Phi) is 8.36. The number of urea groups is 1. The van der Waals surface area contributed by atoms with Crippen molar-refractivity contribution in [1.82, 2.24) is 30.2 Å². The zero-order chi connectivity index (χ0) is 30.0. The van der Waals surface area contributed by atoms with Crippen LogP contribution in [0.5, 0.6) is 0 Å². The summed E-state index contributed by atoms with van der Waals surface area (Å²) in [4.78, 5) is 45.7. The summed E-state index contributed by atoms with van der Waals surface area (Å²) in [5.74, 6) is 0. The summed E-state index contributed by atoms with van der Waals surface area (Å²) in [5.41, 5.74) is 3.94. The van der Waals surface area contributed by atoms with Gasteiger partial charge in [0.25, 0.3) is 0 Å². The van der Waals surface area contributed by atoms with Gasteiger partial charge in [0.15, 0.2) is 0 Å². The van der Waals surface area contributed by atoms with Gasteiger partial charge in [-0.05, 0) is 68.5 Å². The number of ether oxygens (including phenoxy) is 1. The number of hydrogen-bond acceptors (Lipinski definition) is 7. The molecule has 2 aromatic carbocycles. The van der Waals surface area contributed by atoms with Crippen molar-refractivity contribution in [2.75, 3.05) is 38.5 Å². The number of likely N-dealkylation sites (tertiary alicyclic amines) is 2. The van der Waals surface area contributed by atoms with E-state index in [2.05, 4.69) is 25.7 Å². The molecule has 3 N–H and O–H groups in total. The lowest BCUT2D eigenvalue weighted by Gasteiger charge is -2.56. The third kappa shape index (κ3) is 5.71. The first-order valence-electron chi connectivity index (χ1n) is 15.3. The highest BCUT2D eigenvalue weighted by molar-refractivity contribution is 5.91. The summed E-state index contributed by atoms with van der Waals surface area (Å²) in [7, 11) is 1.97. The van der Waals surface area contributed by atoms with Crippen molar-refractivity contribution in [2.45, 2.75) is 69.8 Å². The number of aldehydes is 1. The molecule has 3 aliphatic heterocycles. The number of anilines is 1. The van der Waals surface area contributed by atoms with E-state index in [1.165, 1.54) is 0 Å². The fraction of sp³-hybridized carbons (Fsp3) is 0.500.